The van der Waals surface area contributed by atoms with E-state index in [0.717, 1.165) is 29.3 Å². The number of carbonyl (C=O) groups is 1. The van der Waals surface area contributed by atoms with Gasteiger partial charge in [0, 0.05) is 11.8 Å². The first kappa shape index (κ1) is 16.8. The molecule has 1 aliphatic carbocycles. The molecule has 6 nitrogen and oxygen atoms in total. The molecular formula is C19H19N5OS. The van der Waals surface area contributed by atoms with Crippen molar-refractivity contribution in [3.8, 4) is 5.82 Å². The second kappa shape index (κ2) is 7.29. The molecule has 1 fully saturated rings. The molecule has 0 aliphatic heterocycles. The van der Waals surface area contributed by atoms with E-state index in [1.165, 1.54) is 5.56 Å². The molecule has 1 amide bonds. The van der Waals surface area contributed by atoms with Crippen LogP contribution in [-0.2, 0) is 5.75 Å². The van der Waals surface area contributed by atoms with Crippen LogP contribution in [-0.4, -0.2) is 31.9 Å². The van der Waals surface area contributed by atoms with Crippen LogP contribution in [0.5, 0.6) is 0 Å². The predicted octanol–water partition coefficient (Wildman–Crippen LogP) is 3.16. The Hall–Kier alpha value is -2.67. The highest BCUT2D eigenvalue weighted by atomic mass is 32.2. The molecule has 26 heavy (non-hydrogen) atoms. The molecule has 1 aliphatic rings. The normalized spacial score (nSPS) is 13.6. The lowest BCUT2D eigenvalue weighted by Crippen LogP contribution is -2.25. The molecule has 1 saturated carbocycles. The summed E-state index contributed by atoms with van der Waals surface area (Å²) in [5, 5.41) is 16.7. The largest absolute Gasteiger partial charge is 0.349 e. The summed E-state index contributed by atoms with van der Waals surface area (Å²) in [6, 6.07) is 14.4. The minimum absolute atomic E-state index is 0.0701. The van der Waals surface area contributed by atoms with Crippen LogP contribution in [0.25, 0.3) is 5.82 Å². The van der Waals surface area contributed by atoms with Crippen molar-refractivity contribution in [1.82, 2.24) is 25.3 Å². The lowest BCUT2D eigenvalue weighted by atomic mass is 10.2. The molecule has 0 unspecified atom stereocenters. The summed E-state index contributed by atoms with van der Waals surface area (Å²) in [6.07, 6.45) is 3.71. The summed E-state index contributed by atoms with van der Waals surface area (Å²) >= 11 is 1.64. The molecule has 0 saturated heterocycles. The van der Waals surface area contributed by atoms with E-state index < -0.39 is 0 Å². The molecular weight excluding hydrogens is 346 g/mol. The van der Waals surface area contributed by atoms with Crippen LogP contribution >= 0.6 is 11.8 Å². The molecule has 132 valence electrons. The summed E-state index contributed by atoms with van der Waals surface area (Å²) in [5.41, 5.74) is 2.60. The molecule has 0 spiro atoms. The SMILES string of the molecule is Cc1c(C(=O)NC2CC2)cnn1-c1ccc(SCc2ccccc2)nn1. The van der Waals surface area contributed by atoms with Gasteiger partial charge in [0.2, 0.25) is 0 Å². The number of hydrogen-bond donors (Lipinski definition) is 1. The Balaban J connectivity index is 1.45. The molecule has 0 bridgehead atoms. The van der Waals surface area contributed by atoms with Gasteiger partial charge in [-0.2, -0.15) is 5.10 Å². The number of amides is 1. The van der Waals surface area contributed by atoms with E-state index in [-0.39, 0.29) is 5.91 Å². The van der Waals surface area contributed by atoms with Gasteiger partial charge in [-0.25, -0.2) is 4.68 Å². The van der Waals surface area contributed by atoms with Crippen molar-refractivity contribution in [3.63, 3.8) is 0 Å². The molecule has 7 heteroatoms. The Labute approximate surface area is 156 Å². The van der Waals surface area contributed by atoms with Crippen LogP contribution in [0.4, 0.5) is 0 Å². The van der Waals surface area contributed by atoms with E-state index in [0.29, 0.717) is 17.4 Å². The highest BCUT2D eigenvalue weighted by molar-refractivity contribution is 7.98. The zero-order chi connectivity index (χ0) is 17.9. The molecule has 3 aromatic rings. The van der Waals surface area contributed by atoms with Crippen molar-refractivity contribution in [2.75, 3.05) is 0 Å². The van der Waals surface area contributed by atoms with Crippen LogP contribution in [0.3, 0.4) is 0 Å². The first-order valence-corrected chi connectivity index (χ1v) is 9.55. The van der Waals surface area contributed by atoms with Gasteiger partial charge in [0.05, 0.1) is 17.5 Å². The maximum Gasteiger partial charge on any atom is 0.254 e. The van der Waals surface area contributed by atoms with Crippen molar-refractivity contribution >= 4 is 17.7 Å². The van der Waals surface area contributed by atoms with Gasteiger partial charge >= 0.3 is 0 Å². The van der Waals surface area contributed by atoms with Gasteiger partial charge < -0.3 is 5.32 Å². The van der Waals surface area contributed by atoms with Gasteiger partial charge in [-0.15, -0.1) is 10.2 Å². The van der Waals surface area contributed by atoms with Crippen LogP contribution in [0, 0.1) is 6.92 Å². The Bertz CT molecular complexity index is 903. The lowest BCUT2D eigenvalue weighted by molar-refractivity contribution is 0.0950. The predicted molar refractivity (Wildman–Crippen MR) is 100 cm³/mol. The van der Waals surface area contributed by atoms with Gasteiger partial charge in [0.25, 0.3) is 5.91 Å². The quantitative estimate of drug-likeness (QED) is 0.679. The van der Waals surface area contributed by atoms with E-state index in [9.17, 15) is 4.79 Å². The van der Waals surface area contributed by atoms with Crippen molar-refractivity contribution in [2.24, 2.45) is 0 Å². The van der Waals surface area contributed by atoms with Crippen molar-refractivity contribution in [2.45, 2.75) is 36.6 Å². The molecule has 1 aromatic carbocycles. The zero-order valence-electron chi connectivity index (χ0n) is 14.4. The summed E-state index contributed by atoms with van der Waals surface area (Å²) in [4.78, 5) is 12.2. The number of hydrogen-bond acceptors (Lipinski definition) is 5. The van der Waals surface area contributed by atoms with E-state index in [1.54, 1.807) is 22.6 Å². The Morgan fingerprint density at radius 1 is 1.19 bits per heavy atom. The Morgan fingerprint density at radius 3 is 2.69 bits per heavy atom. The highest BCUT2D eigenvalue weighted by Crippen LogP contribution is 2.22. The number of rotatable bonds is 6. The third kappa shape index (κ3) is 3.77. The van der Waals surface area contributed by atoms with E-state index in [4.69, 9.17) is 0 Å². The first-order chi connectivity index (χ1) is 12.7. The summed E-state index contributed by atoms with van der Waals surface area (Å²) in [6.45, 7) is 1.87. The van der Waals surface area contributed by atoms with Gasteiger partial charge in [-0.05, 0) is 37.5 Å². The maximum atomic E-state index is 12.2. The second-order valence-corrected chi connectivity index (χ2v) is 7.30. The minimum Gasteiger partial charge on any atom is -0.349 e. The summed E-state index contributed by atoms with van der Waals surface area (Å²) in [5.74, 6) is 1.39. The number of benzene rings is 1. The summed E-state index contributed by atoms with van der Waals surface area (Å²) < 4.78 is 1.65. The average molecular weight is 365 g/mol. The van der Waals surface area contributed by atoms with Crippen LogP contribution in [0.2, 0.25) is 0 Å². The van der Waals surface area contributed by atoms with E-state index in [1.807, 2.05) is 37.3 Å². The number of nitrogens with zero attached hydrogens (tertiary/aromatic N) is 4. The fourth-order valence-electron chi connectivity index (χ4n) is 2.59. The third-order valence-corrected chi connectivity index (χ3v) is 5.23. The monoisotopic (exact) mass is 365 g/mol. The topological polar surface area (TPSA) is 72.7 Å². The highest BCUT2D eigenvalue weighted by Gasteiger charge is 2.25. The van der Waals surface area contributed by atoms with Crippen molar-refractivity contribution in [3.05, 3.63) is 65.5 Å². The molecule has 2 aromatic heterocycles. The van der Waals surface area contributed by atoms with Gasteiger partial charge in [0.15, 0.2) is 5.82 Å². The fourth-order valence-corrected chi connectivity index (χ4v) is 3.36. The van der Waals surface area contributed by atoms with E-state index >= 15 is 0 Å². The minimum atomic E-state index is -0.0701. The maximum absolute atomic E-state index is 12.2. The number of aromatic nitrogens is 4. The van der Waals surface area contributed by atoms with Gasteiger partial charge in [0.1, 0.15) is 5.03 Å². The van der Waals surface area contributed by atoms with Gasteiger partial charge in [-0.3, -0.25) is 4.79 Å². The number of thioether (sulfide) groups is 1. The molecule has 4 rings (SSSR count). The fraction of sp³-hybridized carbons (Fsp3) is 0.263. The van der Waals surface area contributed by atoms with Crippen molar-refractivity contribution < 1.29 is 4.79 Å². The first-order valence-electron chi connectivity index (χ1n) is 8.57. The van der Waals surface area contributed by atoms with Crippen molar-refractivity contribution in [1.29, 1.82) is 0 Å². The molecule has 2 heterocycles. The zero-order valence-corrected chi connectivity index (χ0v) is 15.2. The van der Waals surface area contributed by atoms with Crippen LogP contribution < -0.4 is 5.32 Å². The van der Waals surface area contributed by atoms with Gasteiger partial charge in [-0.1, -0.05) is 42.1 Å². The average Bonchev–Trinajstić information content (AvgIpc) is 3.40. The number of nitrogens with one attached hydrogen (secondary N) is 1. The Kier molecular flexibility index (Phi) is 4.71. The number of carbonyl (C=O) groups excluding carboxylic acids is 1. The standard InChI is InChI=1S/C19H19N5OS/c1-13-16(19(25)21-15-7-8-15)11-20-24(13)17-9-10-18(23-22-17)26-12-14-5-3-2-4-6-14/h2-6,9-11,15H,7-8,12H2,1H3,(H,21,25). The molecule has 1 N–H and O–H groups in total. The van der Waals surface area contributed by atoms with Crippen LogP contribution in [0.15, 0.2) is 53.7 Å². The van der Waals surface area contributed by atoms with E-state index in [2.05, 4.69) is 32.7 Å². The molecule has 0 radical (unpaired) electrons. The summed E-state index contributed by atoms with van der Waals surface area (Å²) in [7, 11) is 0. The second-order valence-electron chi connectivity index (χ2n) is 6.31. The molecule has 0 atom stereocenters. The smallest absolute Gasteiger partial charge is 0.254 e. The van der Waals surface area contributed by atoms with Crippen LogP contribution in [0.1, 0.15) is 34.5 Å². The lowest BCUT2D eigenvalue weighted by Gasteiger charge is -2.06. The Morgan fingerprint density at radius 2 is 2.00 bits per heavy atom. The third-order valence-electron chi connectivity index (χ3n) is 4.24.